The number of carbonyl (C=O) groups excluding carboxylic acids is 6. The lowest BCUT2D eigenvalue weighted by Crippen LogP contribution is -2.39. The Morgan fingerprint density at radius 2 is 0.688 bits per heavy atom. The zero-order valence-corrected chi connectivity index (χ0v) is 54.9. The molecule has 1 unspecified atom stereocenters. The molecule has 498 valence electrons. The third-order valence-electron chi connectivity index (χ3n) is 17.0. The molecule has 0 bridgehead atoms. The number of halogens is 3. The van der Waals surface area contributed by atoms with E-state index in [2.05, 4.69) is 31.2 Å². The summed E-state index contributed by atoms with van der Waals surface area (Å²) in [6, 6.07) is 8.56. The van der Waals surface area contributed by atoms with Crippen molar-refractivity contribution < 1.29 is 56.1 Å². The van der Waals surface area contributed by atoms with Crippen molar-refractivity contribution in [3.8, 4) is 0 Å². The largest absolute Gasteiger partial charge is 0.444 e. The standard InChI is InChI=1S/3C22H28FN5O3/c3*1-12-9-13(23)10-15-14(5-7-25-18(12)15)20(29)28-19(24)16-11-27(8-6-17(16)26-28)21(30)31-22(2,3)4/h3*9-10,14,25H,5-8,11,24H2,1-4H3/t2*14-;/m10./s1. The Kier molecular flexibility index (Phi) is 18.4. The Hall–Kier alpha value is -9.30. The van der Waals surface area contributed by atoms with Gasteiger partial charge < -0.3 is 62.1 Å². The average molecular weight is 1290 g/mol. The predicted octanol–water partition coefficient (Wildman–Crippen LogP) is 10.3. The van der Waals surface area contributed by atoms with Gasteiger partial charge in [-0.1, -0.05) is 0 Å². The molecule has 24 nitrogen and oxygen atoms in total. The molecule has 0 saturated carbocycles. The lowest BCUT2D eigenvalue weighted by Gasteiger charge is -2.29. The maximum absolute atomic E-state index is 14.1. The number of amides is 3. The normalized spacial score (nSPS) is 18.1. The molecule has 3 atom stereocenters. The smallest absolute Gasteiger partial charge is 0.410 e. The molecule has 0 radical (unpaired) electrons. The minimum atomic E-state index is -0.598. The summed E-state index contributed by atoms with van der Waals surface area (Å²) in [5.41, 5.74) is 27.7. The first-order valence-corrected chi connectivity index (χ1v) is 31.4. The highest BCUT2D eigenvalue weighted by Crippen LogP contribution is 2.41. The van der Waals surface area contributed by atoms with Crippen molar-refractivity contribution in [2.45, 2.75) is 176 Å². The number of carbonyl (C=O) groups is 6. The molecule has 0 spiro atoms. The number of nitrogens with two attached hydrogens (primary N) is 3. The Labute approximate surface area is 538 Å². The molecule has 3 amide bonds. The molecule has 0 saturated heterocycles. The second-order valence-electron chi connectivity index (χ2n) is 27.5. The van der Waals surface area contributed by atoms with E-state index in [0.29, 0.717) is 128 Å². The highest BCUT2D eigenvalue weighted by molar-refractivity contribution is 5.93. The highest BCUT2D eigenvalue weighted by Gasteiger charge is 2.39. The molecule has 0 fully saturated rings. The van der Waals surface area contributed by atoms with E-state index in [9.17, 15) is 41.9 Å². The molecule has 6 aliphatic rings. The minimum Gasteiger partial charge on any atom is -0.444 e. The van der Waals surface area contributed by atoms with Gasteiger partial charge in [-0.25, -0.2) is 27.6 Å². The molecule has 9 heterocycles. The van der Waals surface area contributed by atoms with Crippen molar-refractivity contribution in [1.29, 1.82) is 0 Å². The number of hydrogen-bond acceptors (Lipinski definition) is 18. The minimum absolute atomic E-state index is 0.224. The summed E-state index contributed by atoms with van der Waals surface area (Å²) in [5, 5.41) is 23.2. The molecule has 9 N–H and O–H groups in total. The lowest BCUT2D eigenvalue weighted by atomic mass is 9.88. The Balaban J connectivity index is 0.000000153. The summed E-state index contributed by atoms with van der Waals surface area (Å²) in [4.78, 5) is 82.2. The number of nitrogens with zero attached hydrogens (tertiary/aromatic N) is 9. The van der Waals surface area contributed by atoms with Crippen molar-refractivity contribution in [2.75, 3.05) is 72.4 Å². The van der Waals surface area contributed by atoms with Gasteiger partial charge in [0.1, 0.15) is 51.7 Å². The first-order chi connectivity index (χ1) is 43.6. The Bertz CT molecular complexity index is 3570. The van der Waals surface area contributed by atoms with Crippen LogP contribution < -0.4 is 33.2 Å². The van der Waals surface area contributed by atoms with E-state index in [-0.39, 0.29) is 72.3 Å². The van der Waals surface area contributed by atoms with E-state index in [0.717, 1.165) is 33.8 Å². The van der Waals surface area contributed by atoms with E-state index >= 15 is 0 Å². The quantitative estimate of drug-likeness (QED) is 0.0897. The third kappa shape index (κ3) is 14.2. The number of nitrogens with one attached hydrogen (secondary N) is 3. The molecule has 12 rings (SSSR count). The number of aromatic nitrogens is 6. The van der Waals surface area contributed by atoms with Crippen molar-refractivity contribution in [3.63, 3.8) is 0 Å². The molecule has 6 aromatic rings. The molecule has 93 heavy (non-hydrogen) atoms. The molecule has 0 aliphatic carbocycles. The number of hydrogen-bond donors (Lipinski definition) is 6. The van der Waals surface area contributed by atoms with Crippen molar-refractivity contribution >= 4 is 70.5 Å². The van der Waals surface area contributed by atoms with Crippen molar-refractivity contribution in [1.82, 2.24) is 44.0 Å². The van der Waals surface area contributed by atoms with Gasteiger partial charge in [0, 0.05) is 92.3 Å². The van der Waals surface area contributed by atoms with Gasteiger partial charge in [0.15, 0.2) is 0 Å². The highest BCUT2D eigenvalue weighted by atomic mass is 19.1. The van der Waals surface area contributed by atoms with Crippen LogP contribution in [0.5, 0.6) is 0 Å². The number of aryl methyl sites for hydroxylation is 3. The molecule has 27 heteroatoms. The number of anilines is 6. The van der Waals surface area contributed by atoms with Crippen molar-refractivity contribution in [2.24, 2.45) is 0 Å². The van der Waals surface area contributed by atoms with E-state index in [1.807, 2.05) is 83.1 Å². The zero-order chi connectivity index (χ0) is 67.5. The summed E-state index contributed by atoms with van der Waals surface area (Å²) in [7, 11) is 0. The first kappa shape index (κ1) is 66.6. The fourth-order valence-corrected chi connectivity index (χ4v) is 12.7. The summed E-state index contributed by atoms with van der Waals surface area (Å²) >= 11 is 0. The molecular weight excluding hydrogens is 1200 g/mol. The van der Waals surface area contributed by atoms with Gasteiger partial charge >= 0.3 is 18.3 Å². The van der Waals surface area contributed by atoms with E-state index in [1.165, 1.54) is 50.4 Å². The van der Waals surface area contributed by atoms with Crippen LogP contribution in [0.3, 0.4) is 0 Å². The Morgan fingerprint density at radius 3 is 0.925 bits per heavy atom. The van der Waals surface area contributed by atoms with Crippen LogP contribution in [0.1, 0.15) is 181 Å². The maximum Gasteiger partial charge on any atom is 0.410 e. The monoisotopic (exact) mass is 1290 g/mol. The third-order valence-corrected chi connectivity index (χ3v) is 17.0. The van der Waals surface area contributed by atoms with Crippen LogP contribution in [-0.2, 0) is 53.1 Å². The number of fused-ring (bicyclic) bond motifs is 6. The Morgan fingerprint density at radius 1 is 0.441 bits per heavy atom. The van der Waals surface area contributed by atoms with E-state index in [4.69, 9.17) is 31.4 Å². The van der Waals surface area contributed by atoms with Crippen LogP contribution in [-0.4, -0.2) is 136 Å². The number of rotatable bonds is 3. The van der Waals surface area contributed by atoms with Gasteiger partial charge in [0.25, 0.3) is 17.7 Å². The fourth-order valence-electron chi connectivity index (χ4n) is 12.7. The summed E-state index contributed by atoms with van der Waals surface area (Å²) in [6.07, 6.45) is 1.73. The maximum atomic E-state index is 14.1. The second kappa shape index (κ2) is 25.7. The molecule has 3 aromatic heterocycles. The summed E-state index contributed by atoms with van der Waals surface area (Å²) < 4.78 is 62.2. The van der Waals surface area contributed by atoms with Gasteiger partial charge in [-0.2, -0.15) is 29.3 Å². The van der Waals surface area contributed by atoms with Gasteiger partial charge in [-0.05, 0) is 172 Å². The average Bonchev–Trinajstić information content (AvgIpc) is 1.73. The molecule has 6 aliphatic heterocycles. The van der Waals surface area contributed by atoms with Crippen LogP contribution >= 0.6 is 0 Å². The zero-order valence-electron chi connectivity index (χ0n) is 54.9. The topological polar surface area (TPSA) is 307 Å². The predicted molar refractivity (Wildman–Crippen MR) is 344 cm³/mol. The first-order valence-electron chi connectivity index (χ1n) is 31.4. The van der Waals surface area contributed by atoms with Gasteiger partial charge in [0.05, 0.1) is 54.5 Å². The molecule has 3 aromatic carbocycles. The summed E-state index contributed by atoms with van der Waals surface area (Å²) in [6.45, 7) is 25.6. The van der Waals surface area contributed by atoms with E-state index in [1.54, 1.807) is 14.7 Å². The lowest BCUT2D eigenvalue weighted by molar-refractivity contribution is 0.0214. The fraction of sp³-hybridized carbons (Fsp3) is 0.500. The van der Waals surface area contributed by atoms with Gasteiger partial charge in [-0.15, -0.1) is 0 Å². The van der Waals surface area contributed by atoms with Crippen LogP contribution in [0, 0.1) is 38.2 Å². The van der Waals surface area contributed by atoms with Crippen LogP contribution in [0.2, 0.25) is 0 Å². The number of ether oxygens (including phenoxy) is 3. The van der Waals surface area contributed by atoms with Gasteiger partial charge in [-0.3, -0.25) is 14.4 Å². The van der Waals surface area contributed by atoms with Crippen LogP contribution in [0.15, 0.2) is 36.4 Å². The van der Waals surface area contributed by atoms with Crippen molar-refractivity contribution in [3.05, 3.63) is 121 Å². The summed E-state index contributed by atoms with van der Waals surface area (Å²) in [5.74, 6) is -2.96. The SMILES string of the molecule is Cc1cc(F)cc2c1NCCC2C(=O)n1nc2c(c1N)CN(C(=O)OC(C)(C)C)CC2.Cc1cc(F)cc2c1NCC[C@@H]2C(=O)n1nc2c(c1N)CN(C(=O)OC(C)(C)C)CC2.Cc1cc(F)cc2c1NCC[C@H]2C(=O)n1nc2c(c1N)CN(C(=O)OC(C)(C)C)CC2. The number of benzene rings is 3. The van der Waals surface area contributed by atoms with Crippen LogP contribution in [0.25, 0.3) is 0 Å². The van der Waals surface area contributed by atoms with Crippen LogP contribution in [0.4, 0.5) is 62.1 Å². The van der Waals surface area contributed by atoms with E-state index < -0.39 is 52.8 Å². The molecular formula is C66H84F3N15O9. The number of nitrogen functional groups attached to an aromatic ring is 3. The van der Waals surface area contributed by atoms with Gasteiger partial charge in [0.2, 0.25) is 0 Å². The second-order valence-corrected chi connectivity index (χ2v) is 27.5.